The second-order valence-corrected chi connectivity index (χ2v) is 8.31. The van der Waals surface area contributed by atoms with E-state index in [1.165, 1.54) is 0 Å². The molecule has 0 spiro atoms. The van der Waals surface area contributed by atoms with E-state index in [9.17, 15) is 4.79 Å². The quantitative estimate of drug-likeness (QED) is 0.467. The highest BCUT2D eigenvalue weighted by atomic mass is 79.9. The van der Waals surface area contributed by atoms with Gasteiger partial charge in [0.15, 0.2) is 5.11 Å². The van der Waals surface area contributed by atoms with E-state index >= 15 is 0 Å². The van der Waals surface area contributed by atoms with Crippen LogP contribution in [0.5, 0.6) is 5.75 Å². The molecule has 0 saturated heterocycles. The molecule has 0 atom stereocenters. The normalized spacial score (nSPS) is 10.6. The number of rotatable bonds is 6. The van der Waals surface area contributed by atoms with Gasteiger partial charge in [-0.1, -0.05) is 37.0 Å². The van der Waals surface area contributed by atoms with Gasteiger partial charge in [0.1, 0.15) is 5.75 Å². The van der Waals surface area contributed by atoms with Crippen molar-refractivity contribution < 1.29 is 9.53 Å². The SMILES string of the molecule is CC(C)CCOc1ccc(C(=O)NC(=S)Nc2ccc(Cl)cc2Cl)cc1Br. The molecule has 144 valence electrons. The molecule has 2 aromatic rings. The van der Waals surface area contributed by atoms with Crippen LogP contribution >= 0.6 is 51.3 Å². The fourth-order valence-corrected chi connectivity index (χ4v) is 3.24. The molecule has 2 rings (SSSR count). The summed E-state index contributed by atoms with van der Waals surface area (Å²) in [5, 5.41) is 6.55. The molecular weight excluding hydrogens is 471 g/mol. The van der Waals surface area contributed by atoms with Crippen LogP contribution in [0.25, 0.3) is 0 Å². The number of anilines is 1. The first-order valence-corrected chi connectivity index (χ1v) is 10.2. The predicted octanol–water partition coefficient (Wildman–Crippen LogP) is 6.31. The first kappa shape index (κ1) is 22.0. The van der Waals surface area contributed by atoms with E-state index in [4.69, 9.17) is 40.2 Å². The second-order valence-electron chi connectivity index (χ2n) is 6.21. The highest BCUT2D eigenvalue weighted by Gasteiger charge is 2.12. The van der Waals surface area contributed by atoms with Crippen molar-refractivity contribution in [2.24, 2.45) is 5.92 Å². The second kappa shape index (κ2) is 10.3. The van der Waals surface area contributed by atoms with Crippen molar-refractivity contribution in [3.8, 4) is 5.75 Å². The van der Waals surface area contributed by atoms with Crippen LogP contribution in [0.15, 0.2) is 40.9 Å². The molecule has 8 heteroatoms. The van der Waals surface area contributed by atoms with Gasteiger partial charge < -0.3 is 10.1 Å². The van der Waals surface area contributed by atoms with E-state index < -0.39 is 0 Å². The lowest BCUT2D eigenvalue weighted by molar-refractivity contribution is 0.0977. The third-order valence-electron chi connectivity index (χ3n) is 3.55. The van der Waals surface area contributed by atoms with Crippen molar-refractivity contribution in [2.45, 2.75) is 20.3 Å². The standard InChI is InChI=1S/C19H19BrCl2N2O2S/c1-11(2)7-8-26-17-6-3-12(9-14(17)20)18(25)24-19(27)23-16-5-4-13(21)10-15(16)22/h3-6,9-11H,7-8H2,1-2H3,(H2,23,24,25,27). The summed E-state index contributed by atoms with van der Waals surface area (Å²) in [7, 11) is 0. The summed E-state index contributed by atoms with van der Waals surface area (Å²) in [4.78, 5) is 12.4. The van der Waals surface area contributed by atoms with Crippen LogP contribution in [-0.2, 0) is 0 Å². The molecule has 0 aliphatic carbocycles. The Bertz CT molecular complexity index is 846. The Morgan fingerprint density at radius 1 is 1.22 bits per heavy atom. The van der Waals surface area contributed by atoms with Gasteiger partial charge in [-0.2, -0.15) is 0 Å². The zero-order valence-electron chi connectivity index (χ0n) is 14.8. The number of benzene rings is 2. The molecule has 0 unspecified atom stereocenters. The molecule has 2 N–H and O–H groups in total. The summed E-state index contributed by atoms with van der Waals surface area (Å²) >= 11 is 20.6. The zero-order chi connectivity index (χ0) is 20.0. The topological polar surface area (TPSA) is 50.4 Å². The van der Waals surface area contributed by atoms with Crippen molar-refractivity contribution in [3.63, 3.8) is 0 Å². The Kier molecular flexibility index (Phi) is 8.35. The molecule has 0 aromatic heterocycles. The molecule has 4 nitrogen and oxygen atoms in total. The molecule has 0 radical (unpaired) electrons. The predicted molar refractivity (Wildman–Crippen MR) is 119 cm³/mol. The number of carbonyl (C=O) groups excluding carboxylic acids is 1. The summed E-state index contributed by atoms with van der Waals surface area (Å²) < 4.78 is 6.43. The molecule has 27 heavy (non-hydrogen) atoms. The third kappa shape index (κ3) is 6.96. The van der Waals surface area contributed by atoms with E-state index in [2.05, 4.69) is 40.4 Å². The number of ether oxygens (including phenoxy) is 1. The Balaban J connectivity index is 1.96. The van der Waals surface area contributed by atoms with Crippen molar-refractivity contribution >= 4 is 68.1 Å². The highest BCUT2D eigenvalue weighted by molar-refractivity contribution is 9.10. The van der Waals surface area contributed by atoms with Crippen molar-refractivity contribution in [1.82, 2.24) is 5.32 Å². The Morgan fingerprint density at radius 2 is 1.96 bits per heavy atom. The number of hydrogen-bond acceptors (Lipinski definition) is 3. The molecule has 1 amide bonds. The van der Waals surface area contributed by atoms with Crippen LogP contribution in [0.4, 0.5) is 5.69 Å². The van der Waals surface area contributed by atoms with Gasteiger partial charge in [-0.3, -0.25) is 10.1 Å². The van der Waals surface area contributed by atoms with Crippen molar-refractivity contribution in [1.29, 1.82) is 0 Å². The van der Waals surface area contributed by atoms with Gasteiger partial charge in [0.05, 0.1) is 21.8 Å². The lowest BCUT2D eigenvalue weighted by atomic mass is 10.1. The van der Waals surface area contributed by atoms with Crippen LogP contribution in [0.1, 0.15) is 30.6 Å². The number of thiocarbonyl (C=S) groups is 1. The molecule has 2 aromatic carbocycles. The maximum absolute atomic E-state index is 12.4. The van der Waals surface area contributed by atoms with E-state index in [0.29, 0.717) is 44.0 Å². The molecule has 0 aliphatic heterocycles. The molecule has 0 bridgehead atoms. The monoisotopic (exact) mass is 488 g/mol. The summed E-state index contributed by atoms with van der Waals surface area (Å²) in [6.45, 7) is 4.90. The number of carbonyl (C=O) groups is 1. The minimum atomic E-state index is -0.341. The van der Waals surface area contributed by atoms with Gasteiger partial charge >= 0.3 is 0 Å². The molecule has 0 fully saturated rings. The molecular formula is C19H19BrCl2N2O2S. The Labute approximate surface area is 182 Å². The van der Waals surface area contributed by atoms with E-state index in [1.807, 2.05) is 0 Å². The fourth-order valence-electron chi connectivity index (χ4n) is 2.08. The average molecular weight is 490 g/mol. The van der Waals surface area contributed by atoms with Gasteiger partial charge in [-0.05, 0) is 76.9 Å². The number of hydrogen-bond donors (Lipinski definition) is 2. The lowest BCUT2D eigenvalue weighted by Crippen LogP contribution is -2.34. The lowest BCUT2D eigenvalue weighted by Gasteiger charge is -2.13. The first-order valence-electron chi connectivity index (χ1n) is 8.26. The summed E-state index contributed by atoms with van der Waals surface area (Å²) in [5.74, 6) is 0.921. The van der Waals surface area contributed by atoms with Crippen LogP contribution in [0, 0.1) is 5.92 Å². The van der Waals surface area contributed by atoms with E-state index in [1.54, 1.807) is 36.4 Å². The summed E-state index contributed by atoms with van der Waals surface area (Å²) in [6, 6.07) is 10.1. The third-order valence-corrected chi connectivity index (χ3v) is 4.92. The van der Waals surface area contributed by atoms with Crippen LogP contribution in [0.3, 0.4) is 0 Å². The first-order chi connectivity index (χ1) is 12.8. The number of nitrogens with one attached hydrogen (secondary N) is 2. The van der Waals surface area contributed by atoms with Gasteiger partial charge in [-0.25, -0.2) is 0 Å². The maximum atomic E-state index is 12.4. The molecule has 0 aliphatic rings. The zero-order valence-corrected chi connectivity index (χ0v) is 18.7. The van der Waals surface area contributed by atoms with Crippen LogP contribution in [-0.4, -0.2) is 17.6 Å². The average Bonchev–Trinajstić information content (AvgIpc) is 2.58. The summed E-state index contributed by atoms with van der Waals surface area (Å²) in [5.41, 5.74) is 1.01. The van der Waals surface area contributed by atoms with Gasteiger partial charge in [0, 0.05) is 10.6 Å². The van der Waals surface area contributed by atoms with Crippen molar-refractivity contribution in [3.05, 3.63) is 56.5 Å². The van der Waals surface area contributed by atoms with Gasteiger partial charge in [-0.15, -0.1) is 0 Å². The van der Waals surface area contributed by atoms with Crippen molar-refractivity contribution in [2.75, 3.05) is 11.9 Å². The van der Waals surface area contributed by atoms with Crippen LogP contribution in [0.2, 0.25) is 10.0 Å². The minimum absolute atomic E-state index is 0.137. The highest BCUT2D eigenvalue weighted by Crippen LogP contribution is 2.27. The molecule has 0 saturated carbocycles. The maximum Gasteiger partial charge on any atom is 0.257 e. The van der Waals surface area contributed by atoms with E-state index in [0.717, 1.165) is 6.42 Å². The van der Waals surface area contributed by atoms with Gasteiger partial charge in [0.25, 0.3) is 5.91 Å². The molecule has 0 heterocycles. The smallest absolute Gasteiger partial charge is 0.257 e. The summed E-state index contributed by atoms with van der Waals surface area (Å²) in [6.07, 6.45) is 0.960. The van der Waals surface area contributed by atoms with Gasteiger partial charge in [0.2, 0.25) is 0 Å². The number of amides is 1. The van der Waals surface area contributed by atoms with Crippen LogP contribution < -0.4 is 15.4 Å². The Morgan fingerprint density at radius 3 is 2.59 bits per heavy atom. The Hall–Kier alpha value is -1.34. The minimum Gasteiger partial charge on any atom is -0.492 e. The largest absolute Gasteiger partial charge is 0.492 e. The van der Waals surface area contributed by atoms with E-state index in [-0.39, 0.29) is 11.0 Å². The fraction of sp³-hybridized carbons (Fsp3) is 0.263. The number of halogens is 3.